The second kappa shape index (κ2) is 5.12. The van der Waals surface area contributed by atoms with Gasteiger partial charge in [0.1, 0.15) is 0 Å². The van der Waals surface area contributed by atoms with Gasteiger partial charge in [-0.05, 0) is 34.6 Å². The number of hydrogen-bond donors (Lipinski definition) is 0. The average Bonchev–Trinajstić information content (AvgIpc) is 2.93. The van der Waals surface area contributed by atoms with E-state index in [1.165, 1.54) is 15.6 Å². The molecule has 0 N–H and O–H groups in total. The molecule has 2 heterocycles. The number of nitrogens with zero attached hydrogens (tertiary/aromatic N) is 1. The first kappa shape index (κ1) is 14.0. The Hall–Kier alpha value is -1.93. The van der Waals surface area contributed by atoms with Gasteiger partial charge in [0.25, 0.3) is 0 Å². The smallest absolute Gasteiger partial charge is 0.0796 e. The van der Waals surface area contributed by atoms with Crippen molar-refractivity contribution in [3.05, 3.63) is 59.6 Å². The van der Waals surface area contributed by atoms with E-state index in [9.17, 15) is 0 Å². The van der Waals surface area contributed by atoms with Crippen LogP contribution in [0.3, 0.4) is 0 Å². The van der Waals surface area contributed by atoms with E-state index < -0.39 is 0 Å². The fraction of sp³-hybridized carbons (Fsp3) is 0.211. The fourth-order valence-corrected chi connectivity index (χ4v) is 3.27. The van der Waals surface area contributed by atoms with Crippen molar-refractivity contribution in [2.75, 3.05) is 0 Å². The first-order chi connectivity index (χ1) is 9.99. The van der Waals surface area contributed by atoms with Gasteiger partial charge < -0.3 is 0 Å². The Labute approximate surface area is 130 Å². The molecule has 1 aromatic carbocycles. The fourth-order valence-electron chi connectivity index (χ4n) is 2.44. The minimum absolute atomic E-state index is 0.173. The Bertz CT molecular complexity index is 789. The van der Waals surface area contributed by atoms with E-state index in [-0.39, 0.29) is 5.41 Å². The van der Waals surface area contributed by atoms with E-state index in [0.29, 0.717) is 0 Å². The Kier molecular flexibility index (Phi) is 3.42. The first-order valence-corrected chi connectivity index (χ1v) is 7.98. The second-order valence-electron chi connectivity index (χ2n) is 6.26. The highest BCUT2D eigenvalue weighted by atomic mass is 32.1. The van der Waals surface area contributed by atoms with Crippen molar-refractivity contribution >= 4 is 27.5 Å². The van der Waals surface area contributed by atoms with Crippen molar-refractivity contribution in [1.82, 2.24) is 4.98 Å². The van der Waals surface area contributed by atoms with Crippen LogP contribution in [0.4, 0.5) is 0 Å². The summed E-state index contributed by atoms with van der Waals surface area (Å²) in [5.74, 6) is 0. The van der Waals surface area contributed by atoms with Crippen LogP contribution in [0.5, 0.6) is 0 Å². The number of fused-ring (bicyclic) bond motifs is 1. The molecule has 106 valence electrons. The number of pyridine rings is 1. The lowest BCUT2D eigenvalue weighted by Crippen LogP contribution is -2.10. The number of aromatic nitrogens is 1. The highest BCUT2D eigenvalue weighted by Gasteiger charge is 2.14. The number of benzene rings is 1. The molecule has 0 bridgehead atoms. The zero-order chi connectivity index (χ0) is 15.0. The van der Waals surface area contributed by atoms with Crippen LogP contribution in [-0.2, 0) is 5.41 Å². The van der Waals surface area contributed by atoms with Gasteiger partial charge in [-0.3, -0.25) is 0 Å². The molecule has 0 saturated carbocycles. The molecule has 3 aromatic rings. The van der Waals surface area contributed by atoms with Crippen LogP contribution in [0, 0.1) is 0 Å². The molecule has 0 aliphatic carbocycles. The lowest BCUT2D eigenvalue weighted by atomic mass is 9.86. The molecule has 0 spiro atoms. The molecule has 0 radical (unpaired) electrons. The number of rotatable bonds is 2. The molecule has 0 aliphatic heterocycles. The molecule has 0 amide bonds. The zero-order valence-corrected chi connectivity index (χ0v) is 13.5. The maximum Gasteiger partial charge on any atom is 0.0796 e. The third-order valence-corrected chi connectivity index (χ3v) is 4.57. The van der Waals surface area contributed by atoms with Gasteiger partial charge in [-0.15, -0.1) is 11.3 Å². The molecule has 3 rings (SSSR count). The van der Waals surface area contributed by atoms with Gasteiger partial charge in [0.2, 0.25) is 0 Å². The molecule has 0 atom stereocenters. The van der Waals surface area contributed by atoms with Crippen LogP contribution >= 0.6 is 11.3 Å². The van der Waals surface area contributed by atoms with Crippen LogP contribution in [-0.4, -0.2) is 4.98 Å². The summed E-state index contributed by atoms with van der Waals surface area (Å²) >= 11 is 1.75. The van der Waals surface area contributed by atoms with Crippen LogP contribution in [0.15, 0.2) is 48.4 Å². The van der Waals surface area contributed by atoms with Crippen molar-refractivity contribution in [1.29, 1.82) is 0 Å². The standard InChI is InChI=1S/C19H19NS/c1-5-15-12-17-16(10-11-21-17)18(20-15)13-6-8-14(9-7-13)19(2,3)4/h5-12H,1H2,2-4H3. The minimum Gasteiger partial charge on any atom is -0.248 e. The predicted octanol–water partition coefficient (Wildman–Crippen LogP) is 5.90. The van der Waals surface area contributed by atoms with Gasteiger partial charge in [-0.2, -0.15) is 0 Å². The average molecular weight is 293 g/mol. The Morgan fingerprint density at radius 3 is 2.43 bits per heavy atom. The van der Waals surface area contributed by atoms with E-state index in [4.69, 9.17) is 4.98 Å². The molecule has 0 saturated heterocycles. The maximum atomic E-state index is 4.74. The van der Waals surface area contributed by atoms with E-state index in [1.54, 1.807) is 11.3 Å². The van der Waals surface area contributed by atoms with Crippen molar-refractivity contribution in [3.63, 3.8) is 0 Å². The molecular formula is C19H19NS. The summed E-state index contributed by atoms with van der Waals surface area (Å²) in [4.78, 5) is 4.74. The monoisotopic (exact) mass is 293 g/mol. The highest BCUT2D eigenvalue weighted by molar-refractivity contribution is 7.17. The summed E-state index contributed by atoms with van der Waals surface area (Å²) < 4.78 is 1.26. The molecule has 1 nitrogen and oxygen atoms in total. The molecule has 0 unspecified atom stereocenters. The lowest BCUT2D eigenvalue weighted by Gasteiger charge is -2.19. The third kappa shape index (κ3) is 2.64. The predicted molar refractivity (Wildman–Crippen MR) is 93.8 cm³/mol. The highest BCUT2D eigenvalue weighted by Crippen LogP contribution is 2.32. The second-order valence-corrected chi connectivity index (χ2v) is 7.21. The summed E-state index contributed by atoms with van der Waals surface area (Å²) in [6.07, 6.45) is 1.81. The van der Waals surface area contributed by atoms with Crippen molar-refractivity contribution in [3.8, 4) is 11.3 Å². The summed E-state index contributed by atoms with van der Waals surface area (Å²) in [5, 5.41) is 3.33. The van der Waals surface area contributed by atoms with Gasteiger partial charge in [0.05, 0.1) is 11.4 Å². The summed E-state index contributed by atoms with van der Waals surface area (Å²) in [6.45, 7) is 10.5. The Morgan fingerprint density at radius 1 is 1.10 bits per heavy atom. The van der Waals surface area contributed by atoms with E-state index >= 15 is 0 Å². The molecule has 0 aliphatic rings. The third-order valence-electron chi connectivity index (χ3n) is 3.70. The van der Waals surface area contributed by atoms with Crippen LogP contribution in [0.25, 0.3) is 27.4 Å². The molecular weight excluding hydrogens is 274 g/mol. The molecule has 2 heteroatoms. The van der Waals surface area contributed by atoms with E-state index in [2.05, 4.69) is 69.1 Å². The van der Waals surface area contributed by atoms with Gasteiger partial charge in [0.15, 0.2) is 0 Å². The van der Waals surface area contributed by atoms with Crippen LogP contribution < -0.4 is 0 Å². The Balaban J connectivity index is 2.15. The lowest BCUT2D eigenvalue weighted by molar-refractivity contribution is 0.590. The summed E-state index contributed by atoms with van der Waals surface area (Å²) in [7, 11) is 0. The van der Waals surface area contributed by atoms with Gasteiger partial charge >= 0.3 is 0 Å². The zero-order valence-electron chi connectivity index (χ0n) is 12.7. The van der Waals surface area contributed by atoms with Crippen LogP contribution in [0.2, 0.25) is 0 Å². The number of thiophene rings is 1. The van der Waals surface area contributed by atoms with Gasteiger partial charge in [-0.25, -0.2) is 4.98 Å². The van der Waals surface area contributed by atoms with Crippen molar-refractivity contribution in [2.24, 2.45) is 0 Å². The van der Waals surface area contributed by atoms with Crippen LogP contribution in [0.1, 0.15) is 32.0 Å². The van der Waals surface area contributed by atoms with Gasteiger partial charge in [0, 0.05) is 15.6 Å². The molecule has 21 heavy (non-hydrogen) atoms. The largest absolute Gasteiger partial charge is 0.248 e. The normalized spacial score (nSPS) is 11.8. The topological polar surface area (TPSA) is 12.9 Å². The first-order valence-electron chi connectivity index (χ1n) is 7.10. The molecule has 0 fully saturated rings. The van der Waals surface area contributed by atoms with Crippen molar-refractivity contribution < 1.29 is 0 Å². The van der Waals surface area contributed by atoms with Gasteiger partial charge in [-0.1, -0.05) is 51.6 Å². The summed E-state index contributed by atoms with van der Waals surface area (Å²) in [6, 6.07) is 13.0. The molecule has 2 aromatic heterocycles. The van der Waals surface area contributed by atoms with E-state index in [1.807, 2.05) is 6.08 Å². The quantitative estimate of drug-likeness (QED) is 0.573. The Morgan fingerprint density at radius 2 is 1.81 bits per heavy atom. The maximum absolute atomic E-state index is 4.74. The SMILES string of the molecule is C=Cc1cc2sccc2c(-c2ccc(C(C)(C)C)cc2)n1. The minimum atomic E-state index is 0.173. The summed E-state index contributed by atoms with van der Waals surface area (Å²) in [5.41, 5.74) is 4.65. The van der Waals surface area contributed by atoms with E-state index in [0.717, 1.165) is 17.0 Å². The van der Waals surface area contributed by atoms with Crippen molar-refractivity contribution in [2.45, 2.75) is 26.2 Å². The number of hydrogen-bond acceptors (Lipinski definition) is 2.